The normalized spacial score (nSPS) is 17.2. The fraction of sp³-hybridized carbons (Fsp3) is 0.353. The van der Waals surface area contributed by atoms with Crippen LogP contribution < -0.4 is 5.56 Å². The fourth-order valence-corrected chi connectivity index (χ4v) is 5.64. The molecule has 0 amide bonds. The monoisotopic (exact) mass is 438 g/mol. The van der Waals surface area contributed by atoms with Gasteiger partial charge in [0.25, 0.3) is 5.56 Å². The van der Waals surface area contributed by atoms with Gasteiger partial charge in [0.1, 0.15) is 4.83 Å². The van der Waals surface area contributed by atoms with Gasteiger partial charge in [0.2, 0.25) is 0 Å². The van der Waals surface area contributed by atoms with E-state index in [1.165, 1.54) is 11.3 Å². The summed E-state index contributed by atoms with van der Waals surface area (Å²) < 4.78 is 6.84. The Morgan fingerprint density at radius 2 is 2.28 bits per heavy atom. The van der Waals surface area contributed by atoms with Crippen molar-refractivity contribution in [1.29, 1.82) is 0 Å². The van der Waals surface area contributed by atoms with Gasteiger partial charge in [-0.25, -0.2) is 4.98 Å². The van der Waals surface area contributed by atoms with E-state index in [9.17, 15) is 9.59 Å². The highest BCUT2D eigenvalue weighted by Gasteiger charge is 2.31. The SMILES string of the molecule is COCCn1c(-c2cccs2)nc2sc3c(c2c1=O)CCC(Br)C3=O. The van der Waals surface area contributed by atoms with Crippen LogP contribution in [0.3, 0.4) is 0 Å². The first kappa shape index (κ1) is 17.1. The third-order valence-electron chi connectivity index (χ3n) is 4.33. The lowest BCUT2D eigenvalue weighted by Crippen LogP contribution is -2.26. The van der Waals surface area contributed by atoms with Crippen molar-refractivity contribution in [1.82, 2.24) is 9.55 Å². The van der Waals surface area contributed by atoms with Crippen LogP contribution in [-0.4, -0.2) is 33.9 Å². The summed E-state index contributed by atoms with van der Waals surface area (Å²) in [4.78, 5) is 32.6. The zero-order valence-corrected chi connectivity index (χ0v) is 16.7. The van der Waals surface area contributed by atoms with Crippen LogP contribution in [0.2, 0.25) is 0 Å². The molecule has 3 aromatic heterocycles. The van der Waals surface area contributed by atoms with Gasteiger partial charge < -0.3 is 4.74 Å². The molecule has 0 fully saturated rings. The lowest BCUT2D eigenvalue weighted by molar-refractivity contribution is 0.0986. The van der Waals surface area contributed by atoms with E-state index >= 15 is 0 Å². The summed E-state index contributed by atoms with van der Waals surface area (Å²) in [6.45, 7) is 0.866. The highest BCUT2D eigenvalue weighted by Crippen LogP contribution is 2.37. The predicted octanol–water partition coefficient (Wildman–Crippen LogP) is 3.73. The summed E-state index contributed by atoms with van der Waals surface area (Å²) in [5, 5.41) is 2.56. The first-order valence-electron chi connectivity index (χ1n) is 7.89. The van der Waals surface area contributed by atoms with E-state index in [1.807, 2.05) is 17.5 Å². The van der Waals surface area contributed by atoms with Crippen LogP contribution in [0.1, 0.15) is 21.7 Å². The first-order valence-corrected chi connectivity index (χ1v) is 10.5. The highest BCUT2D eigenvalue weighted by molar-refractivity contribution is 9.10. The number of hydrogen-bond acceptors (Lipinski definition) is 6. The maximum atomic E-state index is 13.2. The van der Waals surface area contributed by atoms with Gasteiger partial charge in [-0.3, -0.25) is 14.2 Å². The smallest absolute Gasteiger partial charge is 0.262 e. The molecule has 3 heterocycles. The molecule has 1 atom stereocenters. The third-order valence-corrected chi connectivity index (χ3v) is 7.21. The molecule has 0 saturated carbocycles. The zero-order valence-electron chi connectivity index (χ0n) is 13.5. The van der Waals surface area contributed by atoms with E-state index in [4.69, 9.17) is 9.72 Å². The van der Waals surface area contributed by atoms with Crippen molar-refractivity contribution >= 4 is 54.6 Å². The van der Waals surface area contributed by atoms with Gasteiger partial charge in [0.05, 0.1) is 33.1 Å². The second kappa shape index (κ2) is 6.75. The first-order chi connectivity index (χ1) is 12.1. The number of alkyl halides is 1. The van der Waals surface area contributed by atoms with Crippen LogP contribution in [0.15, 0.2) is 22.3 Å². The number of carbonyl (C=O) groups is 1. The van der Waals surface area contributed by atoms with Crippen LogP contribution >= 0.6 is 38.6 Å². The Hall–Kier alpha value is -1.35. The molecule has 1 unspecified atom stereocenters. The Labute approximate surface area is 160 Å². The average molecular weight is 439 g/mol. The molecule has 130 valence electrons. The Balaban J connectivity index is 2.00. The second-order valence-electron chi connectivity index (χ2n) is 5.82. The number of ether oxygens (including phenoxy) is 1. The van der Waals surface area contributed by atoms with Crippen molar-refractivity contribution < 1.29 is 9.53 Å². The molecule has 25 heavy (non-hydrogen) atoms. The molecule has 0 saturated heterocycles. The van der Waals surface area contributed by atoms with E-state index in [-0.39, 0.29) is 16.2 Å². The van der Waals surface area contributed by atoms with Crippen molar-refractivity contribution in [3.8, 4) is 10.7 Å². The molecule has 0 spiro atoms. The molecular formula is C17H15BrN2O3S2. The lowest BCUT2D eigenvalue weighted by atomic mass is 9.96. The largest absolute Gasteiger partial charge is 0.383 e. The predicted molar refractivity (Wildman–Crippen MR) is 104 cm³/mol. The molecule has 1 aliphatic rings. The molecule has 0 N–H and O–H groups in total. The summed E-state index contributed by atoms with van der Waals surface area (Å²) in [5.74, 6) is 0.704. The van der Waals surface area contributed by atoms with Crippen molar-refractivity contribution in [3.63, 3.8) is 0 Å². The fourth-order valence-electron chi connectivity index (χ4n) is 3.10. The maximum absolute atomic E-state index is 13.2. The quantitative estimate of drug-likeness (QED) is 0.582. The van der Waals surface area contributed by atoms with Gasteiger partial charge in [-0.1, -0.05) is 22.0 Å². The van der Waals surface area contributed by atoms with Gasteiger partial charge in [0, 0.05) is 7.11 Å². The minimum atomic E-state index is -0.166. The molecule has 3 aromatic rings. The number of halogens is 1. The maximum Gasteiger partial charge on any atom is 0.262 e. The minimum absolute atomic E-state index is 0.0600. The summed E-state index contributed by atoms with van der Waals surface area (Å²) in [6.07, 6.45) is 1.43. The molecule has 0 aliphatic heterocycles. The molecule has 4 rings (SSSR count). The number of carbonyl (C=O) groups excluding carboxylic acids is 1. The summed E-state index contributed by atoms with van der Waals surface area (Å²) >= 11 is 6.32. The van der Waals surface area contributed by atoms with Crippen LogP contribution in [0, 0.1) is 0 Å². The number of nitrogens with zero attached hydrogens (tertiary/aromatic N) is 2. The van der Waals surface area contributed by atoms with Crippen molar-refractivity contribution in [3.05, 3.63) is 38.3 Å². The number of hydrogen-bond donors (Lipinski definition) is 0. The van der Waals surface area contributed by atoms with Gasteiger partial charge >= 0.3 is 0 Å². The number of fused-ring (bicyclic) bond motifs is 3. The van der Waals surface area contributed by atoms with Crippen LogP contribution in [0.4, 0.5) is 0 Å². The van der Waals surface area contributed by atoms with Gasteiger partial charge in [-0.05, 0) is 29.9 Å². The van der Waals surface area contributed by atoms with Crippen LogP contribution in [-0.2, 0) is 17.7 Å². The Bertz CT molecular complexity index is 1010. The zero-order chi connectivity index (χ0) is 17.6. The number of ketones is 1. The number of thiophene rings is 2. The highest BCUT2D eigenvalue weighted by atomic mass is 79.9. The van der Waals surface area contributed by atoms with Gasteiger partial charge in [-0.2, -0.15) is 0 Å². The number of rotatable bonds is 4. The van der Waals surface area contributed by atoms with E-state index in [0.717, 1.165) is 16.9 Å². The molecule has 8 heteroatoms. The topological polar surface area (TPSA) is 61.2 Å². The molecule has 1 aliphatic carbocycles. The molecular weight excluding hydrogens is 424 g/mol. The Kier molecular flexibility index (Phi) is 4.61. The van der Waals surface area contributed by atoms with Crippen molar-refractivity contribution in [2.24, 2.45) is 0 Å². The van der Waals surface area contributed by atoms with Crippen molar-refractivity contribution in [2.75, 3.05) is 13.7 Å². The minimum Gasteiger partial charge on any atom is -0.383 e. The number of Topliss-reactive ketones (excluding diaryl/α,β-unsaturated/α-hetero) is 1. The molecule has 0 bridgehead atoms. The number of aryl methyl sites for hydroxylation is 1. The third kappa shape index (κ3) is 2.81. The number of methoxy groups -OCH3 is 1. The molecule has 5 nitrogen and oxygen atoms in total. The molecule has 0 radical (unpaired) electrons. The van der Waals surface area contributed by atoms with E-state index in [2.05, 4.69) is 15.9 Å². The van der Waals surface area contributed by atoms with Gasteiger partial charge in [-0.15, -0.1) is 22.7 Å². The summed E-state index contributed by atoms with van der Waals surface area (Å²) in [7, 11) is 1.61. The Morgan fingerprint density at radius 1 is 1.44 bits per heavy atom. The van der Waals surface area contributed by atoms with E-state index in [1.54, 1.807) is 23.0 Å². The summed E-state index contributed by atoms with van der Waals surface area (Å²) in [6, 6.07) is 3.89. The Morgan fingerprint density at radius 3 is 3.00 bits per heavy atom. The van der Waals surface area contributed by atoms with E-state index in [0.29, 0.717) is 40.5 Å². The molecule has 0 aromatic carbocycles. The van der Waals surface area contributed by atoms with Gasteiger partial charge in [0.15, 0.2) is 11.6 Å². The van der Waals surface area contributed by atoms with Crippen molar-refractivity contribution in [2.45, 2.75) is 24.2 Å². The number of aromatic nitrogens is 2. The van der Waals surface area contributed by atoms with Crippen LogP contribution in [0.25, 0.3) is 20.9 Å². The van der Waals surface area contributed by atoms with E-state index < -0.39 is 0 Å². The average Bonchev–Trinajstić information content (AvgIpc) is 3.25. The summed E-state index contributed by atoms with van der Waals surface area (Å²) in [5.41, 5.74) is 0.783. The lowest BCUT2D eigenvalue weighted by Gasteiger charge is -2.15. The van der Waals surface area contributed by atoms with Crippen LogP contribution in [0.5, 0.6) is 0 Å². The second-order valence-corrected chi connectivity index (χ2v) is 8.87. The standard InChI is InChI=1S/C17H15BrN2O3S2/c1-23-7-6-20-15(11-3-2-8-24-11)19-16-12(17(20)22)9-4-5-10(18)13(21)14(9)25-16/h2-3,8,10H,4-7H2,1H3.